The molecule has 16 atom stereocenters. The summed E-state index contributed by atoms with van der Waals surface area (Å²) in [6.07, 6.45) is -8.74. The summed E-state index contributed by atoms with van der Waals surface area (Å²) < 4.78 is 60.4. The number of aliphatic hydroxyl groups is 5. The molecule has 0 radical (unpaired) electrons. The summed E-state index contributed by atoms with van der Waals surface area (Å²) in [5.41, 5.74) is -0.447. The van der Waals surface area contributed by atoms with E-state index in [0.717, 1.165) is 0 Å². The van der Waals surface area contributed by atoms with Crippen molar-refractivity contribution in [2.45, 2.75) is 167 Å². The molecule has 0 aromatic rings. The van der Waals surface area contributed by atoms with Gasteiger partial charge in [0.15, 0.2) is 18.9 Å². The van der Waals surface area contributed by atoms with Gasteiger partial charge in [-0.1, -0.05) is 27.7 Å². The third-order valence-electron chi connectivity index (χ3n) is 10.2. The molecule has 3 rings (SSSR count). The predicted octanol–water partition coefficient (Wildman–Crippen LogP) is 2.55. The van der Waals surface area contributed by atoms with E-state index in [1.54, 1.807) is 34.6 Å². The van der Waals surface area contributed by atoms with E-state index in [0.29, 0.717) is 19.3 Å². The highest BCUT2D eigenvalue weighted by Gasteiger charge is 2.52. The van der Waals surface area contributed by atoms with Crippen LogP contribution in [0.1, 0.15) is 88.5 Å². The summed E-state index contributed by atoms with van der Waals surface area (Å²) in [6.45, 7) is 17.6. The van der Waals surface area contributed by atoms with Crippen LogP contribution in [0.3, 0.4) is 0 Å². The summed E-state index contributed by atoms with van der Waals surface area (Å²) >= 11 is 0. The fraction of sp³-hybridized carbons (Fsp3) is 1.00. The minimum atomic E-state index is -3.72. The van der Waals surface area contributed by atoms with Crippen molar-refractivity contribution < 1.29 is 72.7 Å². The number of ether oxygens (including phenoxy) is 7. The zero-order chi connectivity index (χ0) is 38.5. The van der Waals surface area contributed by atoms with Crippen LogP contribution in [0, 0.1) is 23.7 Å². The van der Waals surface area contributed by atoms with E-state index in [9.17, 15) is 35.0 Å². The molecule has 15 nitrogen and oxygen atoms in total. The van der Waals surface area contributed by atoms with E-state index >= 15 is 0 Å². The lowest BCUT2D eigenvalue weighted by Crippen LogP contribution is -2.62. The standard InChI is InChI=1S/C35H67O15P/c1-19-20(2)32(48-25(26(19)38)18-44-34(5,6)7)49-30-22(4)33(47-24(17-37)28(30)40)50-29-21(3)31(46-23(16-36)27(29)39)43-14-12-11-13-15-45-51(41,42)35(8,9)10/h19-33,36-40H,11-18H2,1-10H3,(H,41,42). The predicted molar refractivity (Wildman–Crippen MR) is 186 cm³/mol. The Morgan fingerprint density at radius 3 is 1.61 bits per heavy atom. The highest BCUT2D eigenvalue weighted by atomic mass is 31.2. The van der Waals surface area contributed by atoms with Gasteiger partial charge < -0.3 is 68.1 Å². The number of aliphatic hydroxyl groups excluding tert-OH is 5. The lowest BCUT2D eigenvalue weighted by molar-refractivity contribution is -0.363. The van der Waals surface area contributed by atoms with Crippen LogP contribution in [0.4, 0.5) is 0 Å². The molecule has 0 spiro atoms. The second kappa shape index (κ2) is 19.0. The maximum Gasteiger partial charge on any atom is 0.333 e. The fourth-order valence-corrected chi connectivity index (χ4v) is 7.10. The molecule has 3 aliphatic rings. The molecule has 0 bridgehead atoms. The van der Waals surface area contributed by atoms with E-state index in [2.05, 4.69) is 0 Å². The molecule has 3 aliphatic heterocycles. The number of hydrogen-bond donors (Lipinski definition) is 6. The van der Waals surface area contributed by atoms with Crippen LogP contribution in [0.5, 0.6) is 0 Å². The van der Waals surface area contributed by atoms with Crippen molar-refractivity contribution in [1.82, 2.24) is 0 Å². The molecule has 302 valence electrons. The summed E-state index contributed by atoms with van der Waals surface area (Å²) in [7, 11) is -3.72. The topological polar surface area (TPSA) is 212 Å². The molecule has 0 aliphatic carbocycles. The molecule has 3 fully saturated rings. The molecule has 0 amide bonds. The molecule has 3 heterocycles. The first-order valence-corrected chi connectivity index (χ1v) is 20.0. The van der Waals surface area contributed by atoms with E-state index < -0.39 is 111 Å². The average molecular weight is 759 g/mol. The van der Waals surface area contributed by atoms with Crippen molar-refractivity contribution in [2.24, 2.45) is 23.7 Å². The molecular weight excluding hydrogens is 691 g/mol. The van der Waals surface area contributed by atoms with Gasteiger partial charge in [0, 0.05) is 24.4 Å². The van der Waals surface area contributed by atoms with E-state index in [-0.39, 0.29) is 31.7 Å². The van der Waals surface area contributed by atoms with Gasteiger partial charge in [-0.2, -0.15) is 0 Å². The van der Waals surface area contributed by atoms with Crippen LogP contribution in [-0.4, -0.2) is 142 Å². The quantitative estimate of drug-likeness (QED) is 0.0987. The molecule has 51 heavy (non-hydrogen) atoms. The van der Waals surface area contributed by atoms with Gasteiger partial charge in [0.05, 0.1) is 55.5 Å². The molecule has 0 saturated carbocycles. The second-order valence-corrected chi connectivity index (χ2v) is 19.1. The first-order valence-electron chi connectivity index (χ1n) is 18.4. The SMILES string of the molecule is CC1C(OC2C(C)C(OC3C(C)C(OCCCCCOP(=O)(O)C(C)(C)C)OC(CO)C3O)OC(CO)C2O)OC(COC(C)(C)C)C(O)C1C. The van der Waals surface area contributed by atoms with Crippen molar-refractivity contribution in [3.05, 3.63) is 0 Å². The van der Waals surface area contributed by atoms with Gasteiger partial charge in [-0.05, 0) is 66.7 Å². The maximum atomic E-state index is 12.3. The van der Waals surface area contributed by atoms with Crippen LogP contribution in [-0.2, 0) is 42.2 Å². The number of unbranched alkanes of at least 4 members (excludes halogenated alkanes) is 2. The lowest BCUT2D eigenvalue weighted by Gasteiger charge is -2.49. The normalized spacial score (nSPS) is 41.0. The highest BCUT2D eigenvalue weighted by molar-refractivity contribution is 7.54. The number of hydrogen-bond acceptors (Lipinski definition) is 14. The van der Waals surface area contributed by atoms with Crippen LogP contribution in [0.2, 0.25) is 0 Å². The van der Waals surface area contributed by atoms with Crippen LogP contribution in [0.15, 0.2) is 0 Å². The molecule has 6 N–H and O–H groups in total. The zero-order valence-electron chi connectivity index (χ0n) is 32.1. The zero-order valence-corrected chi connectivity index (χ0v) is 33.0. The molecule has 16 unspecified atom stereocenters. The monoisotopic (exact) mass is 758 g/mol. The van der Waals surface area contributed by atoms with Gasteiger partial charge >= 0.3 is 7.60 Å². The Morgan fingerprint density at radius 1 is 0.627 bits per heavy atom. The van der Waals surface area contributed by atoms with Crippen LogP contribution >= 0.6 is 7.60 Å². The Balaban J connectivity index is 1.65. The Hall–Kier alpha value is -0.330. The Bertz CT molecular complexity index is 1080. The molecule has 3 saturated heterocycles. The minimum Gasteiger partial charge on any atom is -0.394 e. The summed E-state index contributed by atoms with van der Waals surface area (Å²) in [5.74, 6) is -1.61. The summed E-state index contributed by atoms with van der Waals surface area (Å²) in [4.78, 5) is 10.1. The first kappa shape index (κ1) is 45.1. The third kappa shape index (κ3) is 11.8. The van der Waals surface area contributed by atoms with Crippen molar-refractivity contribution in [1.29, 1.82) is 0 Å². The van der Waals surface area contributed by atoms with Gasteiger partial charge in [0.1, 0.15) is 30.5 Å². The third-order valence-corrected chi connectivity index (χ3v) is 12.5. The second-order valence-electron chi connectivity index (χ2n) is 16.5. The van der Waals surface area contributed by atoms with Crippen molar-refractivity contribution in [2.75, 3.05) is 33.0 Å². The molecule has 0 aromatic carbocycles. The summed E-state index contributed by atoms with van der Waals surface area (Å²) in [5, 5.41) is 52.7. The van der Waals surface area contributed by atoms with Gasteiger partial charge in [0.2, 0.25) is 0 Å². The smallest absolute Gasteiger partial charge is 0.333 e. The Kier molecular flexibility index (Phi) is 16.8. The van der Waals surface area contributed by atoms with E-state index in [4.69, 9.17) is 37.7 Å². The maximum absolute atomic E-state index is 12.3. The molecule has 0 aromatic heterocycles. The highest BCUT2D eigenvalue weighted by Crippen LogP contribution is 2.54. The van der Waals surface area contributed by atoms with Crippen molar-refractivity contribution in [3.63, 3.8) is 0 Å². The van der Waals surface area contributed by atoms with Gasteiger partial charge in [-0.3, -0.25) is 4.57 Å². The largest absolute Gasteiger partial charge is 0.394 e. The Labute approximate surface area is 303 Å². The fourth-order valence-electron chi connectivity index (χ4n) is 6.34. The molecular formula is C35H67O15P. The Morgan fingerprint density at radius 2 is 1.10 bits per heavy atom. The molecule has 16 heteroatoms. The van der Waals surface area contributed by atoms with Crippen LogP contribution in [0.25, 0.3) is 0 Å². The van der Waals surface area contributed by atoms with E-state index in [1.807, 2.05) is 34.6 Å². The van der Waals surface area contributed by atoms with E-state index in [1.165, 1.54) is 0 Å². The first-order chi connectivity index (χ1) is 23.6. The lowest BCUT2D eigenvalue weighted by atomic mass is 9.84. The van der Waals surface area contributed by atoms with Crippen molar-refractivity contribution >= 4 is 7.60 Å². The van der Waals surface area contributed by atoms with Crippen molar-refractivity contribution in [3.8, 4) is 0 Å². The van der Waals surface area contributed by atoms with Gasteiger partial charge in [-0.15, -0.1) is 0 Å². The summed E-state index contributed by atoms with van der Waals surface area (Å²) in [6, 6.07) is 0. The average Bonchev–Trinajstić information content (AvgIpc) is 3.04. The number of rotatable bonds is 16. The van der Waals surface area contributed by atoms with Crippen LogP contribution < -0.4 is 0 Å². The minimum absolute atomic E-state index is 0.142. The van der Waals surface area contributed by atoms with Gasteiger partial charge in [-0.25, -0.2) is 0 Å². The van der Waals surface area contributed by atoms with Gasteiger partial charge in [0.25, 0.3) is 0 Å².